The monoisotopic (exact) mass is 419 g/mol. The topological polar surface area (TPSA) is 120 Å². The molecule has 0 fully saturated rings. The van der Waals surface area contributed by atoms with Gasteiger partial charge in [-0.3, -0.25) is 9.59 Å². The van der Waals surface area contributed by atoms with Crippen LogP contribution in [-0.2, 0) is 27.4 Å². The minimum Gasteiger partial charge on any atom is -0.495 e. The molecule has 0 saturated heterocycles. The molecule has 2 rings (SSSR count). The van der Waals surface area contributed by atoms with Crippen LogP contribution in [0.1, 0.15) is 11.1 Å². The minimum atomic E-state index is -0.964. The highest BCUT2D eigenvalue weighted by atomic mass is 35.5. The number of methoxy groups -OCH3 is 1. The Hall–Kier alpha value is -3.26. The zero-order valence-corrected chi connectivity index (χ0v) is 16.6. The summed E-state index contributed by atoms with van der Waals surface area (Å²) in [4.78, 5) is 35.4. The summed E-state index contributed by atoms with van der Waals surface area (Å²) < 4.78 is 10.1. The van der Waals surface area contributed by atoms with Crippen molar-refractivity contribution in [1.82, 2.24) is 10.6 Å². The van der Waals surface area contributed by atoms with E-state index >= 15 is 0 Å². The van der Waals surface area contributed by atoms with Crippen LogP contribution in [0.2, 0.25) is 5.02 Å². The van der Waals surface area contributed by atoms with Crippen molar-refractivity contribution in [1.29, 1.82) is 0 Å². The fourth-order valence-corrected chi connectivity index (χ4v) is 2.75. The first-order chi connectivity index (χ1) is 13.9. The molecule has 154 valence electrons. The van der Waals surface area contributed by atoms with E-state index in [1.165, 1.54) is 7.11 Å². The van der Waals surface area contributed by atoms with E-state index in [1.807, 2.05) is 30.3 Å². The first-order valence-electron chi connectivity index (χ1n) is 8.74. The molecule has 29 heavy (non-hydrogen) atoms. The van der Waals surface area contributed by atoms with Crippen LogP contribution < -0.4 is 21.1 Å². The number of nitrogens with one attached hydrogen (secondary N) is 2. The van der Waals surface area contributed by atoms with Crippen molar-refractivity contribution in [2.75, 3.05) is 13.7 Å². The molecular formula is C20H22ClN3O5. The van der Waals surface area contributed by atoms with Gasteiger partial charge in [-0.25, -0.2) is 4.79 Å². The number of amides is 3. The standard InChI is InChI=1S/C20H22ClN3O5/c1-28-17-8-7-14(9-15(17)21)10-16(19(22)26)24-18(25)11-23-20(27)29-12-13-5-3-2-4-6-13/h2-9,16H,10-12H2,1H3,(H2,22,26)(H,23,27)(H,24,25)/t16-/m1/s1. The van der Waals surface area contributed by atoms with Crippen LogP contribution in [0, 0.1) is 0 Å². The summed E-state index contributed by atoms with van der Waals surface area (Å²) in [7, 11) is 1.49. The molecule has 0 aliphatic carbocycles. The highest BCUT2D eigenvalue weighted by Gasteiger charge is 2.19. The number of benzene rings is 2. The second kappa shape index (κ2) is 10.9. The third-order valence-electron chi connectivity index (χ3n) is 3.94. The van der Waals surface area contributed by atoms with Crippen LogP contribution in [0.25, 0.3) is 0 Å². The molecule has 1 atom stereocenters. The summed E-state index contributed by atoms with van der Waals surface area (Å²) in [6.07, 6.45) is -0.606. The molecule has 4 N–H and O–H groups in total. The predicted octanol–water partition coefficient (Wildman–Crippen LogP) is 1.79. The van der Waals surface area contributed by atoms with Gasteiger partial charge in [0, 0.05) is 6.42 Å². The van der Waals surface area contributed by atoms with E-state index in [2.05, 4.69) is 10.6 Å². The number of halogens is 1. The van der Waals surface area contributed by atoms with Gasteiger partial charge >= 0.3 is 6.09 Å². The molecule has 0 radical (unpaired) electrons. The average molecular weight is 420 g/mol. The van der Waals surface area contributed by atoms with E-state index in [0.717, 1.165) is 5.56 Å². The first kappa shape index (κ1) is 22.0. The zero-order valence-electron chi connectivity index (χ0n) is 15.8. The number of primary amides is 1. The molecule has 0 aliphatic rings. The normalized spacial score (nSPS) is 11.2. The maximum atomic E-state index is 12.1. The van der Waals surface area contributed by atoms with Crippen LogP contribution in [0.15, 0.2) is 48.5 Å². The quantitative estimate of drug-likeness (QED) is 0.572. The number of carbonyl (C=O) groups is 3. The number of rotatable bonds is 9. The van der Waals surface area contributed by atoms with Gasteiger partial charge in [0.25, 0.3) is 0 Å². The van der Waals surface area contributed by atoms with Crippen molar-refractivity contribution in [3.05, 3.63) is 64.7 Å². The molecule has 0 bridgehead atoms. The maximum absolute atomic E-state index is 12.1. The largest absolute Gasteiger partial charge is 0.495 e. The lowest BCUT2D eigenvalue weighted by Gasteiger charge is -2.16. The van der Waals surface area contributed by atoms with Crippen molar-refractivity contribution in [2.45, 2.75) is 19.1 Å². The minimum absolute atomic E-state index is 0.0798. The number of hydrogen-bond acceptors (Lipinski definition) is 5. The Morgan fingerprint density at radius 1 is 1.10 bits per heavy atom. The van der Waals surface area contributed by atoms with Gasteiger partial charge < -0.3 is 25.8 Å². The molecular weight excluding hydrogens is 398 g/mol. The van der Waals surface area contributed by atoms with Crippen molar-refractivity contribution in [2.24, 2.45) is 5.73 Å². The molecule has 3 amide bonds. The Kier molecular flexibility index (Phi) is 8.29. The Labute approximate surface area is 173 Å². The van der Waals surface area contributed by atoms with E-state index in [0.29, 0.717) is 16.3 Å². The zero-order chi connectivity index (χ0) is 21.2. The molecule has 0 saturated carbocycles. The van der Waals surface area contributed by atoms with Gasteiger partial charge in [0.15, 0.2) is 0 Å². The van der Waals surface area contributed by atoms with E-state index in [9.17, 15) is 14.4 Å². The van der Waals surface area contributed by atoms with Crippen molar-refractivity contribution in [3.8, 4) is 5.75 Å². The van der Waals surface area contributed by atoms with Gasteiger partial charge in [-0.15, -0.1) is 0 Å². The van der Waals surface area contributed by atoms with E-state index < -0.39 is 23.9 Å². The second-order valence-electron chi connectivity index (χ2n) is 6.11. The Morgan fingerprint density at radius 2 is 1.83 bits per heavy atom. The van der Waals surface area contributed by atoms with Crippen LogP contribution in [0.5, 0.6) is 5.75 Å². The lowest BCUT2D eigenvalue weighted by Crippen LogP contribution is -2.49. The molecule has 8 nitrogen and oxygen atoms in total. The average Bonchev–Trinajstić information content (AvgIpc) is 2.71. The molecule has 0 heterocycles. The van der Waals surface area contributed by atoms with Crippen LogP contribution >= 0.6 is 11.6 Å². The maximum Gasteiger partial charge on any atom is 0.407 e. The number of carbonyl (C=O) groups excluding carboxylic acids is 3. The number of hydrogen-bond donors (Lipinski definition) is 3. The van der Waals surface area contributed by atoms with Gasteiger partial charge in [0.1, 0.15) is 24.9 Å². The third kappa shape index (κ3) is 7.34. The van der Waals surface area contributed by atoms with Crippen molar-refractivity contribution in [3.63, 3.8) is 0 Å². The SMILES string of the molecule is COc1ccc(C[C@@H](NC(=O)CNC(=O)OCc2ccccc2)C(N)=O)cc1Cl. The van der Waals surface area contributed by atoms with Gasteiger partial charge in [-0.1, -0.05) is 48.0 Å². The summed E-state index contributed by atoms with van der Waals surface area (Å²) in [5.41, 5.74) is 6.88. The second-order valence-corrected chi connectivity index (χ2v) is 6.52. The molecule has 2 aromatic rings. The van der Waals surface area contributed by atoms with Crippen LogP contribution in [-0.4, -0.2) is 37.6 Å². The summed E-state index contributed by atoms with van der Waals surface area (Å²) in [5, 5.41) is 5.18. The summed E-state index contributed by atoms with van der Waals surface area (Å²) in [5.74, 6) is -0.796. The fourth-order valence-electron chi connectivity index (χ4n) is 2.47. The number of ether oxygens (including phenoxy) is 2. The Bertz CT molecular complexity index is 860. The smallest absolute Gasteiger partial charge is 0.407 e. The van der Waals surface area contributed by atoms with Gasteiger partial charge in [0.05, 0.1) is 12.1 Å². The number of nitrogens with two attached hydrogens (primary N) is 1. The molecule has 0 unspecified atom stereocenters. The summed E-state index contributed by atoms with van der Waals surface area (Å²) in [6.45, 7) is -0.281. The first-order valence-corrected chi connectivity index (χ1v) is 9.12. The fraction of sp³-hybridized carbons (Fsp3) is 0.250. The van der Waals surface area contributed by atoms with Crippen LogP contribution in [0.3, 0.4) is 0 Å². The van der Waals surface area contributed by atoms with Gasteiger partial charge in [-0.05, 0) is 23.3 Å². The molecule has 2 aromatic carbocycles. The molecule has 0 spiro atoms. The van der Waals surface area contributed by atoms with E-state index in [-0.39, 0.29) is 19.6 Å². The lowest BCUT2D eigenvalue weighted by atomic mass is 10.1. The van der Waals surface area contributed by atoms with E-state index in [1.54, 1.807) is 18.2 Å². The molecule has 9 heteroatoms. The Morgan fingerprint density at radius 3 is 2.45 bits per heavy atom. The van der Waals surface area contributed by atoms with Crippen molar-refractivity contribution >= 4 is 29.5 Å². The van der Waals surface area contributed by atoms with E-state index in [4.69, 9.17) is 26.8 Å². The molecule has 0 aromatic heterocycles. The molecule has 0 aliphatic heterocycles. The summed E-state index contributed by atoms with van der Waals surface area (Å²) in [6, 6.07) is 13.1. The Balaban J connectivity index is 1.82. The van der Waals surface area contributed by atoms with Gasteiger partial charge in [0.2, 0.25) is 11.8 Å². The van der Waals surface area contributed by atoms with Crippen LogP contribution in [0.4, 0.5) is 4.79 Å². The van der Waals surface area contributed by atoms with Gasteiger partial charge in [-0.2, -0.15) is 0 Å². The lowest BCUT2D eigenvalue weighted by molar-refractivity contribution is -0.126. The predicted molar refractivity (Wildman–Crippen MR) is 107 cm³/mol. The third-order valence-corrected chi connectivity index (χ3v) is 4.24. The summed E-state index contributed by atoms with van der Waals surface area (Å²) >= 11 is 6.07. The highest BCUT2D eigenvalue weighted by molar-refractivity contribution is 6.32. The van der Waals surface area contributed by atoms with Crippen molar-refractivity contribution < 1.29 is 23.9 Å². The highest BCUT2D eigenvalue weighted by Crippen LogP contribution is 2.25. The number of alkyl carbamates (subject to hydrolysis) is 1.